The van der Waals surface area contributed by atoms with Crippen LogP contribution < -0.4 is 0 Å². The van der Waals surface area contributed by atoms with E-state index in [1.54, 1.807) is 52.3 Å². The Kier molecular flexibility index (Phi) is 6.89. The van der Waals surface area contributed by atoms with E-state index in [9.17, 15) is 14.0 Å². The maximum Gasteiger partial charge on any atom is 0.338 e. The molecule has 32 heavy (non-hydrogen) atoms. The topological polar surface area (TPSA) is 77.3 Å². The number of halogens is 1. The maximum atomic E-state index is 13.3. The minimum Gasteiger partial charge on any atom is -0.452 e. The van der Waals surface area contributed by atoms with Crippen LogP contribution in [0.3, 0.4) is 0 Å². The first kappa shape index (κ1) is 21.7. The minimum absolute atomic E-state index is 0.0990. The third-order valence-electron chi connectivity index (χ3n) is 5.72. The van der Waals surface area contributed by atoms with Crippen LogP contribution in [0.15, 0.2) is 61.2 Å². The third kappa shape index (κ3) is 5.38. The summed E-state index contributed by atoms with van der Waals surface area (Å²) < 4.78 is 20.2. The van der Waals surface area contributed by atoms with Gasteiger partial charge in [0.25, 0.3) is 5.91 Å². The van der Waals surface area contributed by atoms with E-state index in [-0.39, 0.29) is 24.4 Å². The van der Waals surface area contributed by atoms with Crippen molar-refractivity contribution in [1.82, 2.24) is 19.7 Å². The van der Waals surface area contributed by atoms with E-state index < -0.39 is 5.97 Å². The first-order valence-electron chi connectivity index (χ1n) is 10.8. The number of ether oxygens (including phenoxy) is 1. The lowest BCUT2D eigenvalue weighted by Crippen LogP contribution is -2.43. The number of rotatable bonds is 7. The summed E-state index contributed by atoms with van der Waals surface area (Å²) in [6.45, 7) is 0.0370. The van der Waals surface area contributed by atoms with Gasteiger partial charge in [-0.25, -0.2) is 18.9 Å². The van der Waals surface area contributed by atoms with E-state index in [1.165, 1.54) is 18.5 Å². The molecular formula is C24H25FN4O3. The predicted molar refractivity (Wildman–Crippen MR) is 115 cm³/mol. The predicted octanol–water partition coefficient (Wildman–Crippen LogP) is 3.92. The zero-order chi connectivity index (χ0) is 22.3. The van der Waals surface area contributed by atoms with Crippen LogP contribution in [0.1, 0.15) is 48.0 Å². The molecule has 1 saturated carbocycles. The van der Waals surface area contributed by atoms with Crippen LogP contribution in [0.25, 0.3) is 5.69 Å². The Morgan fingerprint density at radius 2 is 1.75 bits per heavy atom. The zero-order valence-electron chi connectivity index (χ0n) is 17.7. The lowest BCUT2D eigenvalue weighted by Gasteiger charge is -2.34. The Morgan fingerprint density at radius 1 is 1.03 bits per heavy atom. The molecule has 8 heteroatoms. The molecule has 0 bridgehead atoms. The van der Waals surface area contributed by atoms with Crippen LogP contribution in [0.2, 0.25) is 0 Å². The molecule has 3 aromatic rings. The number of hydrogen-bond donors (Lipinski definition) is 0. The summed E-state index contributed by atoms with van der Waals surface area (Å²) in [4.78, 5) is 31.2. The van der Waals surface area contributed by atoms with Crippen LogP contribution in [-0.2, 0) is 16.1 Å². The normalized spacial score (nSPS) is 14.2. The van der Waals surface area contributed by atoms with Crippen molar-refractivity contribution in [2.45, 2.75) is 44.7 Å². The van der Waals surface area contributed by atoms with Crippen molar-refractivity contribution in [3.63, 3.8) is 0 Å². The molecule has 1 fully saturated rings. The molecular weight excluding hydrogens is 411 g/mol. The highest BCUT2D eigenvalue weighted by Crippen LogP contribution is 2.24. The fourth-order valence-corrected chi connectivity index (χ4v) is 3.99. The molecule has 1 heterocycles. The van der Waals surface area contributed by atoms with Crippen LogP contribution >= 0.6 is 0 Å². The molecule has 0 aliphatic heterocycles. The quantitative estimate of drug-likeness (QED) is 0.525. The third-order valence-corrected chi connectivity index (χ3v) is 5.72. The van der Waals surface area contributed by atoms with Crippen LogP contribution in [0.5, 0.6) is 0 Å². The average Bonchev–Trinajstić information content (AvgIpc) is 3.38. The summed E-state index contributed by atoms with van der Waals surface area (Å²) in [5.74, 6) is -1.12. The standard InChI is InChI=1S/C24H25FN4O3/c25-20-10-6-18(7-11-20)14-28(21-4-2-1-3-5-21)23(30)15-32-24(31)19-8-12-22(13-9-19)29-17-26-16-27-29/h6-13,16-17,21H,1-5,14-15H2. The molecule has 1 amide bonds. The molecule has 0 radical (unpaired) electrons. The largest absolute Gasteiger partial charge is 0.452 e. The van der Waals surface area contributed by atoms with Gasteiger partial charge >= 0.3 is 5.97 Å². The van der Waals surface area contributed by atoms with Gasteiger partial charge in [-0.3, -0.25) is 4.79 Å². The second-order valence-corrected chi connectivity index (χ2v) is 7.90. The molecule has 4 rings (SSSR count). The number of carbonyl (C=O) groups is 2. The Morgan fingerprint density at radius 3 is 2.41 bits per heavy atom. The molecule has 0 saturated heterocycles. The smallest absolute Gasteiger partial charge is 0.338 e. The van der Waals surface area contributed by atoms with Crippen molar-refractivity contribution in [3.8, 4) is 5.69 Å². The Labute approximate surface area is 185 Å². The van der Waals surface area contributed by atoms with E-state index in [0.29, 0.717) is 12.1 Å². The summed E-state index contributed by atoms with van der Waals surface area (Å²) in [7, 11) is 0. The zero-order valence-corrected chi connectivity index (χ0v) is 17.7. The van der Waals surface area contributed by atoms with Crippen LogP contribution in [-0.4, -0.2) is 44.2 Å². The van der Waals surface area contributed by atoms with E-state index in [2.05, 4.69) is 10.1 Å². The molecule has 0 spiro atoms. The lowest BCUT2D eigenvalue weighted by molar-refractivity contribution is -0.138. The molecule has 7 nitrogen and oxygen atoms in total. The van der Waals surface area contributed by atoms with Crippen molar-refractivity contribution >= 4 is 11.9 Å². The highest BCUT2D eigenvalue weighted by atomic mass is 19.1. The van der Waals surface area contributed by atoms with Gasteiger partial charge in [0.05, 0.1) is 11.3 Å². The van der Waals surface area contributed by atoms with Gasteiger partial charge in [0, 0.05) is 12.6 Å². The SMILES string of the molecule is O=C(OCC(=O)N(Cc1ccc(F)cc1)C1CCCCC1)c1ccc(-n2cncn2)cc1. The number of carbonyl (C=O) groups excluding carboxylic acids is 2. The van der Waals surface area contributed by atoms with Gasteiger partial charge in [-0.2, -0.15) is 5.10 Å². The first-order chi connectivity index (χ1) is 15.6. The Bertz CT molecular complexity index is 1030. The van der Waals surface area contributed by atoms with Gasteiger partial charge in [-0.15, -0.1) is 0 Å². The van der Waals surface area contributed by atoms with Gasteiger partial charge in [-0.05, 0) is 54.8 Å². The summed E-state index contributed by atoms with van der Waals surface area (Å²) in [5.41, 5.74) is 1.96. The monoisotopic (exact) mass is 436 g/mol. The molecule has 2 aromatic carbocycles. The Balaban J connectivity index is 1.39. The fraction of sp³-hybridized carbons (Fsp3) is 0.333. The summed E-state index contributed by atoms with van der Waals surface area (Å²) >= 11 is 0. The molecule has 0 atom stereocenters. The number of nitrogens with zero attached hydrogens (tertiary/aromatic N) is 4. The minimum atomic E-state index is -0.561. The van der Waals surface area contributed by atoms with Gasteiger partial charge in [-0.1, -0.05) is 31.4 Å². The van der Waals surface area contributed by atoms with Gasteiger partial charge in [0.2, 0.25) is 0 Å². The summed E-state index contributed by atoms with van der Waals surface area (Å²) in [6, 6.07) is 13.0. The van der Waals surface area contributed by atoms with Crippen molar-refractivity contribution in [2.24, 2.45) is 0 Å². The van der Waals surface area contributed by atoms with E-state index in [1.807, 2.05) is 0 Å². The molecule has 1 aromatic heterocycles. The van der Waals surface area contributed by atoms with Gasteiger partial charge < -0.3 is 9.64 Å². The highest BCUT2D eigenvalue weighted by Gasteiger charge is 2.26. The number of esters is 1. The summed E-state index contributed by atoms with van der Waals surface area (Å²) in [5, 5.41) is 4.04. The fourth-order valence-electron chi connectivity index (χ4n) is 3.99. The van der Waals surface area contributed by atoms with E-state index in [0.717, 1.165) is 43.4 Å². The van der Waals surface area contributed by atoms with Crippen molar-refractivity contribution in [1.29, 1.82) is 0 Å². The average molecular weight is 436 g/mol. The Hall–Kier alpha value is -3.55. The van der Waals surface area contributed by atoms with E-state index in [4.69, 9.17) is 4.74 Å². The maximum absolute atomic E-state index is 13.3. The molecule has 166 valence electrons. The number of benzene rings is 2. The molecule has 1 aliphatic carbocycles. The van der Waals surface area contributed by atoms with Gasteiger partial charge in [0.15, 0.2) is 6.61 Å². The van der Waals surface area contributed by atoms with E-state index >= 15 is 0 Å². The molecule has 0 N–H and O–H groups in total. The second-order valence-electron chi connectivity index (χ2n) is 7.90. The van der Waals surface area contributed by atoms with Crippen LogP contribution in [0.4, 0.5) is 4.39 Å². The van der Waals surface area contributed by atoms with Crippen LogP contribution in [0, 0.1) is 5.82 Å². The number of amides is 1. The first-order valence-corrected chi connectivity index (χ1v) is 10.8. The number of aromatic nitrogens is 3. The van der Waals surface area contributed by atoms with Crippen molar-refractivity contribution in [3.05, 3.63) is 78.1 Å². The number of hydrogen-bond acceptors (Lipinski definition) is 5. The van der Waals surface area contributed by atoms with Gasteiger partial charge in [0.1, 0.15) is 18.5 Å². The lowest BCUT2D eigenvalue weighted by atomic mass is 9.93. The summed E-state index contributed by atoms with van der Waals surface area (Å²) in [6.07, 6.45) is 8.13. The molecule has 1 aliphatic rings. The second kappa shape index (κ2) is 10.2. The highest BCUT2D eigenvalue weighted by molar-refractivity contribution is 5.91. The van der Waals surface area contributed by atoms with Crippen molar-refractivity contribution in [2.75, 3.05) is 6.61 Å². The molecule has 0 unspecified atom stereocenters. The van der Waals surface area contributed by atoms with Crippen molar-refractivity contribution < 1.29 is 18.7 Å².